The van der Waals surface area contributed by atoms with Crippen LogP contribution in [0.4, 0.5) is 10.5 Å². The fourth-order valence-corrected chi connectivity index (χ4v) is 3.79. The number of morpholine rings is 1. The SMILES string of the molecule is COc1ccc(NC(=O)N2CCC[C@H]2CN2C[C@@H](C)O[C@@H](C)C2)cn1. The quantitative estimate of drug-likeness (QED) is 0.903. The van der Waals surface area contributed by atoms with Gasteiger partial charge in [0, 0.05) is 38.3 Å². The smallest absolute Gasteiger partial charge is 0.322 e. The average Bonchev–Trinajstić information content (AvgIpc) is 3.03. The molecule has 1 aromatic rings. The summed E-state index contributed by atoms with van der Waals surface area (Å²) in [6.07, 6.45) is 4.21. The number of rotatable bonds is 4. The monoisotopic (exact) mass is 348 g/mol. The number of urea groups is 1. The van der Waals surface area contributed by atoms with E-state index in [4.69, 9.17) is 9.47 Å². The van der Waals surface area contributed by atoms with E-state index in [0.717, 1.165) is 39.0 Å². The first kappa shape index (κ1) is 17.9. The molecule has 2 aliphatic heterocycles. The second-order valence-electron chi connectivity index (χ2n) is 6.98. The molecule has 3 heterocycles. The van der Waals surface area contributed by atoms with Crippen LogP contribution in [0, 0.1) is 0 Å². The summed E-state index contributed by atoms with van der Waals surface area (Å²) in [5.74, 6) is 0.535. The minimum atomic E-state index is -0.0520. The summed E-state index contributed by atoms with van der Waals surface area (Å²) in [7, 11) is 1.57. The van der Waals surface area contributed by atoms with Gasteiger partial charge in [-0.25, -0.2) is 9.78 Å². The molecule has 2 aliphatic rings. The second-order valence-corrected chi connectivity index (χ2v) is 6.98. The molecule has 2 fully saturated rings. The first-order valence-electron chi connectivity index (χ1n) is 9.00. The van der Waals surface area contributed by atoms with Crippen molar-refractivity contribution >= 4 is 11.7 Å². The maximum absolute atomic E-state index is 12.7. The van der Waals surface area contributed by atoms with E-state index in [1.807, 2.05) is 4.90 Å². The molecule has 0 saturated carbocycles. The van der Waals surface area contributed by atoms with Crippen LogP contribution in [0.5, 0.6) is 5.88 Å². The van der Waals surface area contributed by atoms with Crippen molar-refractivity contribution in [2.24, 2.45) is 0 Å². The number of carbonyl (C=O) groups is 1. The number of hydrogen-bond donors (Lipinski definition) is 1. The van der Waals surface area contributed by atoms with Crippen LogP contribution in [-0.4, -0.2) is 72.4 Å². The molecular weight excluding hydrogens is 320 g/mol. The van der Waals surface area contributed by atoms with Gasteiger partial charge in [-0.2, -0.15) is 0 Å². The molecule has 3 atom stereocenters. The number of ether oxygens (including phenoxy) is 2. The summed E-state index contributed by atoms with van der Waals surface area (Å²) in [5, 5.41) is 2.95. The molecule has 25 heavy (non-hydrogen) atoms. The highest BCUT2D eigenvalue weighted by Gasteiger charge is 2.32. The Labute approximate surface area is 149 Å². The molecule has 0 aliphatic carbocycles. The molecule has 0 unspecified atom stereocenters. The van der Waals surface area contributed by atoms with Crippen molar-refractivity contribution in [3.8, 4) is 5.88 Å². The van der Waals surface area contributed by atoms with E-state index in [1.165, 1.54) is 0 Å². The molecule has 1 N–H and O–H groups in total. The fourth-order valence-electron chi connectivity index (χ4n) is 3.79. The van der Waals surface area contributed by atoms with Gasteiger partial charge in [-0.1, -0.05) is 0 Å². The number of methoxy groups -OCH3 is 1. The van der Waals surface area contributed by atoms with Gasteiger partial charge in [0.15, 0.2) is 0 Å². The maximum Gasteiger partial charge on any atom is 0.322 e. The first-order valence-corrected chi connectivity index (χ1v) is 9.00. The molecule has 3 rings (SSSR count). The Morgan fingerprint density at radius 3 is 2.76 bits per heavy atom. The van der Waals surface area contributed by atoms with Gasteiger partial charge >= 0.3 is 6.03 Å². The van der Waals surface area contributed by atoms with Crippen molar-refractivity contribution in [2.75, 3.05) is 38.6 Å². The standard InChI is InChI=1S/C18H28N4O3/c1-13-10-21(11-14(2)25-13)12-16-5-4-8-22(16)18(23)20-15-6-7-17(24-3)19-9-15/h6-7,9,13-14,16H,4-5,8,10-12H2,1-3H3,(H,20,23)/t13-,14+,16-/m0/s1. The Kier molecular flexibility index (Phi) is 5.75. The molecular formula is C18H28N4O3. The minimum Gasteiger partial charge on any atom is -0.481 e. The Morgan fingerprint density at radius 1 is 1.36 bits per heavy atom. The predicted octanol–water partition coefficient (Wildman–Crippen LogP) is 2.20. The van der Waals surface area contributed by atoms with Gasteiger partial charge in [0.05, 0.1) is 31.2 Å². The number of amides is 2. The lowest BCUT2D eigenvalue weighted by Gasteiger charge is -2.38. The van der Waals surface area contributed by atoms with Gasteiger partial charge in [-0.05, 0) is 32.8 Å². The van der Waals surface area contributed by atoms with E-state index in [-0.39, 0.29) is 24.3 Å². The summed E-state index contributed by atoms with van der Waals surface area (Å²) in [6, 6.07) is 3.75. The van der Waals surface area contributed by atoms with Gasteiger partial charge in [0.2, 0.25) is 5.88 Å². The van der Waals surface area contributed by atoms with E-state index < -0.39 is 0 Å². The molecule has 0 bridgehead atoms. The van der Waals surface area contributed by atoms with Crippen molar-refractivity contribution < 1.29 is 14.3 Å². The summed E-state index contributed by atoms with van der Waals surface area (Å²) < 4.78 is 10.8. The molecule has 2 saturated heterocycles. The lowest BCUT2D eigenvalue weighted by atomic mass is 10.1. The Hall–Kier alpha value is -1.86. The lowest BCUT2D eigenvalue weighted by molar-refractivity contribution is -0.0712. The van der Waals surface area contributed by atoms with Crippen molar-refractivity contribution in [1.29, 1.82) is 0 Å². The van der Waals surface area contributed by atoms with Crippen LogP contribution in [0.3, 0.4) is 0 Å². The van der Waals surface area contributed by atoms with Crippen molar-refractivity contribution in [1.82, 2.24) is 14.8 Å². The van der Waals surface area contributed by atoms with Crippen LogP contribution in [0.15, 0.2) is 18.3 Å². The highest BCUT2D eigenvalue weighted by molar-refractivity contribution is 5.89. The maximum atomic E-state index is 12.7. The number of anilines is 1. The van der Waals surface area contributed by atoms with Crippen molar-refractivity contribution in [3.63, 3.8) is 0 Å². The van der Waals surface area contributed by atoms with Crippen LogP contribution < -0.4 is 10.1 Å². The Balaban J connectivity index is 1.57. The molecule has 1 aromatic heterocycles. The Bertz CT molecular complexity index is 570. The van der Waals surface area contributed by atoms with E-state index in [1.54, 1.807) is 25.4 Å². The number of pyridine rings is 1. The third-order valence-electron chi connectivity index (χ3n) is 4.80. The van der Waals surface area contributed by atoms with Crippen LogP contribution in [-0.2, 0) is 4.74 Å². The highest BCUT2D eigenvalue weighted by atomic mass is 16.5. The number of aromatic nitrogens is 1. The third-order valence-corrected chi connectivity index (χ3v) is 4.80. The Morgan fingerprint density at radius 2 is 2.12 bits per heavy atom. The van der Waals surface area contributed by atoms with Gasteiger partial charge in [-0.15, -0.1) is 0 Å². The normalized spacial score (nSPS) is 27.3. The van der Waals surface area contributed by atoms with E-state index >= 15 is 0 Å². The van der Waals surface area contributed by atoms with Crippen LogP contribution in [0.25, 0.3) is 0 Å². The zero-order valence-corrected chi connectivity index (χ0v) is 15.3. The first-order chi connectivity index (χ1) is 12.0. The zero-order valence-electron chi connectivity index (χ0n) is 15.3. The third kappa shape index (κ3) is 4.61. The molecule has 0 spiro atoms. The number of nitrogens with zero attached hydrogens (tertiary/aromatic N) is 3. The molecule has 2 amide bonds. The molecule has 7 nitrogen and oxygen atoms in total. The van der Waals surface area contributed by atoms with E-state index in [9.17, 15) is 4.79 Å². The summed E-state index contributed by atoms with van der Waals surface area (Å²) in [6.45, 7) is 7.79. The predicted molar refractivity (Wildman–Crippen MR) is 96.0 cm³/mol. The van der Waals surface area contributed by atoms with E-state index in [0.29, 0.717) is 11.6 Å². The number of nitrogens with one attached hydrogen (secondary N) is 1. The summed E-state index contributed by atoms with van der Waals surface area (Å²) >= 11 is 0. The van der Waals surface area contributed by atoms with Gasteiger partial charge < -0.3 is 19.7 Å². The molecule has 0 radical (unpaired) electrons. The van der Waals surface area contributed by atoms with E-state index in [2.05, 4.69) is 29.0 Å². The largest absolute Gasteiger partial charge is 0.481 e. The second kappa shape index (κ2) is 8.01. The molecule has 138 valence electrons. The van der Waals surface area contributed by atoms with Gasteiger partial charge in [0.1, 0.15) is 0 Å². The molecule has 0 aromatic carbocycles. The fraction of sp³-hybridized carbons (Fsp3) is 0.667. The lowest BCUT2D eigenvalue weighted by Crippen LogP contribution is -2.51. The number of likely N-dealkylation sites (tertiary alicyclic amines) is 1. The van der Waals surface area contributed by atoms with Crippen molar-refractivity contribution in [2.45, 2.75) is 44.9 Å². The average molecular weight is 348 g/mol. The zero-order chi connectivity index (χ0) is 17.8. The topological polar surface area (TPSA) is 66.9 Å². The van der Waals surface area contributed by atoms with Crippen LogP contribution in [0.2, 0.25) is 0 Å². The summed E-state index contributed by atoms with van der Waals surface area (Å²) in [4.78, 5) is 21.2. The van der Waals surface area contributed by atoms with Gasteiger partial charge in [0.25, 0.3) is 0 Å². The van der Waals surface area contributed by atoms with Crippen LogP contribution >= 0.6 is 0 Å². The number of carbonyl (C=O) groups excluding carboxylic acids is 1. The number of hydrogen-bond acceptors (Lipinski definition) is 5. The minimum absolute atomic E-state index is 0.0520. The van der Waals surface area contributed by atoms with Crippen molar-refractivity contribution in [3.05, 3.63) is 18.3 Å². The highest BCUT2D eigenvalue weighted by Crippen LogP contribution is 2.22. The molecule has 7 heteroatoms. The van der Waals surface area contributed by atoms with Crippen LogP contribution in [0.1, 0.15) is 26.7 Å². The van der Waals surface area contributed by atoms with Gasteiger partial charge in [-0.3, -0.25) is 4.90 Å². The summed E-state index contributed by atoms with van der Waals surface area (Å²) in [5.41, 5.74) is 0.685.